The lowest BCUT2D eigenvalue weighted by molar-refractivity contribution is 0.482. The zero-order valence-electron chi connectivity index (χ0n) is 8.65. The zero-order chi connectivity index (χ0) is 12.3. The minimum atomic E-state index is 0.597. The maximum absolute atomic E-state index is 8.81. The van der Waals surface area contributed by atoms with Gasteiger partial charge >= 0.3 is 0 Å². The Balaban J connectivity index is 2.22. The van der Waals surface area contributed by atoms with E-state index in [0.717, 1.165) is 13.8 Å². The van der Waals surface area contributed by atoms with Gasteiger partial charge in [-0.1, -0.05) is 0 Å². The lowest BCUT2D eigenvalue weighted by atomic mass is 10.2. The van der Waals surface area contributed by atoms with E-state index >= 15 is 0 Å². The van der Waals surface area contributed by atoms with Crippen molar-refractivity contribution in [3.05, 3.63) is 56.1 Å². The molecule has 0 heterocycles. The van der Waals surface area contributed by atoms with Gasteiger partial charge in [-0.05, 0) is 81.0 Å². The van der Waals surface area contributed by atoms with E-state index in [0.29, 0.717) is 11.3 Å². The van der Waals surface area contributed by atoms with Crippen LogP contribution >= 0.6 is 38.5 Å². The molecule has 0 amide bonds. The van der Waals surface area contributed by atoms with Gasteiger partial charge in [0.1, 0.15) is 17.6 Å². The fourth-order valence-corrected chi connectivity index (χ4v) is 2.09. The van der Waals surface area contributed by atoms with Crippen LogP contribution < -0.4 is 4.74 Å². The largest absolute Gasteiger partial charge is 0.457 e. The molecule has 0 aliphatic heterocycles. The van der Waals surface area contributed by atoms with Gasteiger partial charge in [-0.15, -0.1) is 0 Å². The highest BCUT2D eigenvalue weighted by molar-refractivity contribution is 14.1. The van der Waals surface area contributed by atoms with E-state index in [1.54, 1.807) is 18.2 Å². The second kappa shape index (κ2) is 5.52. The van der Waals surface area contributed by atoms with Crippen LogP contribution in [0.2, 0.25) is 0 Å². The third-order valence-electron chi connectivity index (χ3n) is 2.11. The quantitative estimate of drug-likeness (QED) is 0.684. The molecule has 2 rings (SSSR count). The smallest absolute Gasteiger partial charge is 0.128 e. The Morgan fingerprint density at radius 1 is 1.06 bits per heavy atom. The van der Waals surface area contributed by atoms with Crippen molar-refractivity contribution in [1.82, 2.24) is 0 Å². The SMILES string of the molecule is N#Cc1ccc(Oc2ccc(I)cc2)cc1Br. The number of benzene rings is 2. The van der Waals surface area contributed by atoms with Crippen LogP contribution in [0.3, 0.4) is 0 Å². The van der Waals surface area contributed by atoms with Gasteiger partial charge in [0.15, 0.2) is 0 Å². The fraction of sp³-hybridized carbons (Fsp3) is 0. The van der Waals surface area contributed by atoms with Crippen LogP contribution in [0.5, 0.6) is 11.5 Å². The van der Waals surface area contributed by atoms with Crippen LogP contribution in [-0.2, 0) is 0 Å². The van der Waals surface area contributed by atoms with Crippen molar-refractivity contribution in [2.45, 2.75) is 0 Å². The summed E-state index contributed by atoms with van der Waals surface area (Å²) in [5.41, 5.74) is 0.597. The van der Waals surface area contributed by atoms with Gasteiger partial charge in [0.05, 0.1) is 5.56 Å². The molecule has 2 nitrogen and oxygen atoms in total. The Hall–Kier alpha value is -1.06. The number of ether oxygens (including phenoxy) is 1. The van der Waals surface area contributed by atoms with E-state index in [2.05, 4.69) is 44.6 Å². The average Bonchev–Trinajstić information content (AvgIpc) is 2.32. The number of hydrogen-bond donors (Lipinski definition) is 0. The monoisotopic (exact) mass is 399 g/mol. The van der Waals surface area contributed by atoms with Gasteiger partial charge in [0, 0.05) is 8.04 Å². The normalized spacial score (nSPS) is 9.71. The van der Waals surface area contributed by atoms with Gasteiger partial charge in [0.2, 0.25) is 0 Å². The molecular formula is C13H7BrINO. The first kappa shape index (κ1) is 12.4. The van der Waals surface area contributed by atoms with Crippen molar-refractivity contribution in [2.75, 3.05) is 0 Å². The van der Waals surface area contributed by atoms with Crippen molar-refractivity contribution in [3.63, 3.8) is 0 Å². The highest BCUT2D eigenvalue weighted by atomic mass is 127. The van der Waals surface area contributed by atoms with Crippen molar-refractivity contribution in [2.24, 2.45) is 0 Å². The summed E-state index contributed by atoms with van der Waals surface area (Å²) in [5, 5.41) is 8.81. The lowest BCUT2D eigenvalue weighted by Gasteiger charge is -2.06. The number of rotatable bonds is 2. The van der Waals surface area contributed by atoms with Gasteiger partial charge in [0.25, 0.3) is 0 Å². The average molecular weight is 400 g/mol. The number of hydrogen-bond acceptors (Lipinski definition) is 2. The van der Waals surface area contributed by atoms with E-state index in [9.17, 15) is 0 Å². The highest BCUT2D eigenvalue weighted by Crippen LogP contribution is 2.27. The Labute approximate surface area is 121 Å². The molecule has 2 aromatic rings. The van der Waals surface area contributed by atoms with Gasteiger partial charge in [-0.2, -0.15) is 5.26 Å². The molecule has 84 valence electrons. The molecule has 0 atom stereocenters. The van der Waals surface area contributed by atoms with Crippen molar-refractivity contribution in [3.8, 4) is 17.6 Å². The Morgan fingerprint density at radius 3 is 2.29 bits per heavy atom. The van der Waals surface area contributed by atoms with E-state index in [-0.39, 0.29) is 0 Å². The molecule has 0 bridgehead atoms. The molecule has 0 unspecified atom stereocenters. The molecule has 17 heavy (non-hydrogen) atoms. The van der Waals surface area contributed by atoms with Gasteiger partial charge in [-0.3, -0.25) is 0 Å². The molecule has 0 aromatic heterocycles. The summed E-state index contributed by atoms with van der Waals surface area (Å²) in [5.74, 6) is 1.49. The number of nitriles is 1. The molecule has 0 fully saturated rings. The number of nitrogens with zero attached hydrogens (tertiary/aromatic N) is 1. The second-order valence-corrected chi connectivity index (χ2v) is 5.41. The summed E-state index contributed by atoms with van der Waals surface area (Å²) in [6.45, 7) is 0. The van der Waals surface area contributed by atoms with Gasteiger partial charge < -0.3 is 4.74 Å². The maximum atomic E-state index is 8.81. The first-order valence-electron chi connectivity index (χ1n) is 4.82. The predicted molar refractivity (Wildman–Crippen MR) is 78.1 cm³/mol. The lowest BCUT2D eigenvalue weighted by Crippen LogP contribution is -1.85. The van der Waals surface area contributed by atoms with Crippen LogP contribution in [0, 0.1) is 14.9 Å². The predicted octanol–water partition coefficient (Wildman–Crippen LogP) is 4.72. The van der Waals surface area contributed by atoms with Crippen LogP contribution in [0.25, 0.3) is 0 Å². The maximum Gasteiger partial charge on any atom is 0.128 e. The topological polar surface area (TPSA) is 33.0 Å². The molecule has 0 aliphatic carbocycles. The summed E-state index contributed by atoms with van der Waals surface area (Å²) in [7, 11) is 0. The minimum Gasteiger partial charge on any atom is -0.457 e. The molecular weight excluding hydrogens is 393 g/mol. The zero-order valence-corrected chi connectivity index (χ0v) is 12.4. The molecule has 0 spiro atoms. The third kappa shape index (κ3) is 3.20. The summed E-state index contributed by atoms with van der Waals surface area (Å²) in [4.78, 5) is 0. The second-order valence-electron chi connectivity index (χ2n) is 3.31. The third-order valence-corrected chi connectivity index (χ3v) is 3.49. The standard InChI is InChI=1S/C13H7BrINO/c14-13-7-12(4-1-9(13)8-16)17-11-5-2-10(15)3-6-11/h1-7H. The van der Waals surface area contributed by atoms with Crippen LogP contribution in [0.15, 0.2) is 46.9 Å². The first-order valence-corrected chi connectivity index (χ1v) is 6.69. The van der Waals surface area contributed by atoms with Crippen molar-refractivity contribution < 1.29 is 4.74 Å². The van der Waals surface area contributed by atoms with E-state index in [1.165, 1.54) is 0 Å². The van der Waals surface area contributed by atoms with Gasteiger partial charge in [-0.25, -0.2) is 0 Å². The highest BCUT2D eigenvalue weighted by Gasteiger charge is 2.02. The fourth-order valence-electron chi connectivity index (χ4n) is 1.29. The molecule has 0 saturated carbocycles. The molecule has 4 heteroatoms. The summed E-state index contributed by atoms with van der Waals surface area (Å²) < 4.78 is 7.57. The minimum absolute atomic E-state index is 0.597. The van der Waals surface area contributed by atoms with Crippen LogP contribution in [0.1, 0.15) is 5.56 Å². The Morgan fingerprint density at radius 2 is 1.71 bits per heavy atom. The number of halogens is 2. The molecule has 2 aromatic carbocycles. The molecule has 0 aliphatic rings. The summed E-state index contributed by atoms with van der Waals surface area (Å²) in [6, 6.07) is 15.2. The van der Waals surface area contributed by atoms with Crippen molar-refractivity contribution >= 4 is 38.5 Å². The van der Waals surface area contributed by atoms with Crippen molar-refractivity contribution in [1.29, 1.82) is 5.26 Å². The Bertz CT molecular complexity index is 575. The summed E-state index contributed by atoms with van der Waals surface area (Å²) in [6.07, 6.45) is 0. The molecule has 0 radical (unpaired) electrons. The Kier molecular flexibility index (Phi) is 4.02. The van der Waals surface area contributed by atoms with Crippen LogP contribution in [0.4, 0.5) is 0 Å². The van der Waals surface area contributed by atoms with E-state index in [4.69, 9.17) is 10.00 Å². The first-order chi connectivity index (χ1) is 8.19. The van der Waals surface area contributed by atoms with E-state index in [1.807, 2.05) is 24.3 Å². The van der Waals surface area contributed by atoms with E-state index < -0.39 is 0 Å². The molecule has 0 saturated heterocycles. The summed E-state index contributed by atoms with van der Waals surface area (Å²) >= 11 is 5.57. The molecule has 0 N–H and O–H groups in total. The van der Waals surface area contributed by atoms with Crippen LogP contribution in [-0.4, -0.2) is 0 Å².